The van der Waals surface area contributed by atoms with Crippen LogP contribution in [0.1, 0.15) is 33.6 Å². The Balaban J connectivity index is 4.15. The lowest BCUT2D eigenvalue weighted by molar-refractivity contribution is -0.139. The number of esters is 1. The highest BCUT2D eigenvalue weighted by atomic mass is 16.5. The zero-order chi connectivity index (χ0) is 9.56. The SMILES string of the molecule is CCCOC(=O)/C(CC)=C(\C)N. The average molecular weight is 171 g/mol. The van der Waals surface area contributed by atoms with Crippen LogP contribution in [0.5, 0.6) is 0 Å². The molecule has 0 aliphatic heterocycles. The summed E-state index contributed by atoms with van der Waals surface area (Å²) in [4.78, 5) is 11.2. The first-order valence-electron chi connectivity index (χ1n) is 4.25. The molecule has 0 heterocycles. The third kappa shape index (κ3) is 3.42. The Labute approximate surface area is 73.6 Å². The van der Waals surface area contributed by atoms with Gasteiger partial charge in [-0.2, -0.15) is 0 Å². The molecule has 0 fully saturated rings. The molecule has 0 aliphatic carbocycles. The van der Waals surface area contributed by atoms with Crippen molar-refractivity contribution < 1.29 is 9.53 Å². The molecule has 0 amide bonds. The molecule has 0 unspecified atom stereocenters. The number of nitrogens with two attached hydrogens (primary N) is 1. The Kier molecular flexibility index (Phi) is 5.17. The molecule has 0 saturated heterocycles. The Morgan fingerprint density at radius 2 is 2.00 bits per heavy atom. The maximum atomic E-state index is 11.2. The summed E-state index contributed by atoms with van der Waals surface area (Å²) in [6.07, 6.45) is 1.47. The van der Waals surface area contributed by atoms with Gasteiger partial charge in [-0.25, -0.2) is 4.79 Å². The van der Waals surface area contributed by atoms with Gasteiger partial charge in [-0.15, -0.1) is 0 Å². The molecule has 0 aromatic heterocycles. The van der Waals surface area contributed by atoms with Crippen molar-refractivity contribution in [1.29, 1.82) is 0 Å². The normalized spacial score (nSPS) is 12.2. The van der Waals surface area contributed by atoms with Crippen molar-refractivity contribution in [2.75, 3.05) is 6.61 Å². The number of allylic oxidation sites excluding steroid dienone is 1. The van der Waals surface area contributed by atoms with Gasteiger partial charge < -0.3 is 10.5 Å². The van der Waals surface area contributed by atoms with E-state index in [1.54, 1.807) is 6.92 Å². The van der Waals surface area contributed by atoms with Gasteiger partial charge in [0, 0.05) is 5.70 Å². The number of ether oxygens (including phenoxy) is 1. The fourth-order valence-electron chi connectivity index (χ4n) is 0.866. The lowest BCUT2D eigenvalue weighted by Gasteiger charge is -2.06. The zero-order valence-electron chi connectivity index (χ0n) is 8.02. The van der Waals surface area contributed by atoms with E-state index in [9.17, 15) is 4.79 Å². The molecular weight excluding hydrogens is 154 g/mol. The summed E-state index contributed by atoms with van der Waals surface area (Å²) >= 11 is 0. The van der Waals surface area contributed by atoms with Gasteiger partial charge in [0.1, 0.15) is 0 Å². The fraction of sp³-hybridized carbons (Fsp3) is 0.667. The Morgan fingerprint density at radius 3 is 2.33 bits per heavy atom. The predicted molar refractivity (Wildman–Crippen MR) is 48.4 cm³/mol. The van der Waals surface area contributed by atoms with Crippen LogP contribution in [0.2, 0.25) is 0 Å². The van der Waals surface area contributed by atoms with E-state index in [0.717, 1.165) is 6.42 Å². The van der Waals surface area contributed by atoms with Crippen LogP contribution < -0.4 is 5.73 Å². The molecule has 0 aromatic carbocycles. The van der Waals surface area contributed by atoms with Crippen molar-refractivity contribution in [3.05, 3.63) is 11.3 Å². The molecule has 3 nitrogen and oxygen atoms in total. The molecule has 0 radical (unpaired) electrons. The minimum atomic E-state index is -0.278. The summed E-state index contributed by atoms with van der Waals surface area (Å²) in [5.74, 6) is -0.278. The predicted octanol–water partition coefficient (Wildman–Crippen LogP) is 1.58. The summed E-state index contributed by atoms with van der Waals surface area (Å²) < 4.78 is 4.93. The largest absolute Gasteiger partial charge is 0.462 e. The van der Waals surface area contributed by atoms with E-state index in [2.05, 4.69) is 0 Å². The van der Waals surface area contributed by atoms with Crippen LogP contribution in [0.15, 0.2) is 11.3 Å². The minimum Gasteiger partial charge on any atom is -0.462 e. The van der Waals surface area contributed by atoms with Crippen LogP contribution in [0.3, 0.4) is 0 Å². The van der Waals surface area contributed by atoms with E-state index < -0.39 is 0 Å². The van der Waals surface area contributed by atoms with E-state index in [0.29, 0.717) is 24.3 Å². The zero-order valence-corrected chi connectivity index (χ0v) is 8.02. The van der Waals surface area contributed by atoms with Gasteiger partial charge in [-0.05, 0) is 19.8 Å². The van der Waals surface area contributed by atoms with Crippen molar-refractivity contribution in [2.45, 2.75) is 33.6 Å². The summed E-state index contributed by atoms with van der Waals surface area (Å²) in [5.41, 5.74) is 6.64. The smallest absolute Gasteiger partial charge is 0.335 e. The van der Waals surface area contributed by atoms with Gasteiger partial charge in [0.05, 0.1) is 12.2 Å². The molecule has 0 saturated carbocycles. The van der Waals surface area contributed by atoms with Crippen LogP contribution in [-0.2, 0) is 9.53 Å². The van der Waals surface area contributed by atoms with Crippen molar-refractivity contribution in [3.8, 4) is 0 Å². The van der Waals surface area contributed by atoms with Crippen molar-refractivity contribution >= 4 is 5.97 Å². The lowest BCUT2D eigenvalue weighted by Crippen LogP contribution is -2.12. The van der Waals surface area contributed by atoms with E-state index in [1.165, 1.54) is 0 Å². The van der Waals surface area contributed by atoms with E-state index in [4.69, 9.17) is 10.5 Å². The highest BCUT2D eigenvalue weighted by Gasteiger charge is 2.09. The maximum absolute atomic E-state index is 11.2. The van der Waals surface area contributed by atoms with Crippen LogP contribution in [0, 0.1) is 0 Å². The Morgan fingerprint density at radius 1 is 1.42 bits per heavy atom. The van der Waals surface area contributed by atoms with Crippen LogP contribution in [0.25, 0.3) is 0 Å². The number of hydrogen-bond acceptors (Lipinski definition) is 3. The third-order valence-electron chi connectivity index (χ3n) is 1.51. The summed E-state index contributed by atoms with van der Waals surface area (Å²) in [5, 5.41) is 0. The second-order valence-electron chi connectivity index (χ2n) is 2.65. The minimum absolute atomic E-state index is 0.278. The molecule has 0 aliphatic rings. The standard InChI is InChI=1S/C9H17NO2/c1-4-6-12-9(11)8(5-2)7(3)10/h4-6,10H2,1-3H3/b8-7+. The summed E-state index contributed by atoms with van der Waals surface area (Å²) in [6, 6.07) is 0. The van der Waals surface area contributed by atoms with Gasteiger partial charge in [-0.3, -0.25) is 0 Å². The third-order valence-corrected chi connectivity index (χ3v) is 1.51. The van der Waals surface area contributed by atoms with Gasteiger partial charge in [-0.1, -0.05) is 13.8 Å². The quantitative estimate of drug-likeness (QED) is 0.516. The van der Waals surface area contributed by atoms with Gasteiger partial charge in [0.15, 0.2) is 0 Å². The number of carbonyl (C=O) groups excluding carboxylic acids is 1. The molecule has 0 aromatic rings. The van der Waals surface area contributed by atoms with Crippen molar-refractivity contribution in [3.63, 3.8) is 0 Å². The van der Waals surface area contributed by atoms with Crippen LogP contribution >= 0.6 is 0 Å². The first-order chi connectivity index (χ1) is 5.63. The average Bonchev–Trinajstić information content (AvgIpc) is 2.01. The van der Waals surface area contributed by atoms with Crippen LogP contribution in [-0.4, -0.2) is 12.6 Å². The second-order valence-corrected chi connectivity index (χ2v) is 2.65. The van der Waals surface area contributed by atoms with E-state index in [1.807, 2.05) is 13.8 Å². The molecule has 0 bridgehead atoms. The summed E-state index contributed by atoms with van der Waals surface area (Å²) in [6.45, 7) is 6.03. The fourth-order valence-corrected chi connectivity index (χ4v) is 0.866. The van der Waals surface area contributed by atoms with Gasteiger partial charge in [0.2, 0.25) is 0 Å². The van der Waals surface area contributed by atoms with Gasteiger partial charge >= 0.3 is 5.97 Å². The number of hydrogen-bond donors (Lipinski definition) is 1. The first kappa shape index (κ1) is 11.0. The Bertz CT molecular complexity index is 181. The highest BCUT2D eigenvalue weighted by Crippen LogP contribution is 2.06. The summed E-state index contributed by atoms with van der Waals surface area (Å²) in [7, 11) is 0. The topological polar surface area (TPSA) is 52.3 Å². The second kappa shape index (κ2) is 5.63. The van der Waals surface area contributed by atoms with Gasteiger partial charge in [0.25, 0.3) is 0 Å². The molecule has 2 N–H and O–H groups in total. The van der Waals surface area contributed by atoms with E-state index >= 15 is 0 Å². The van der Waals surface area contributed by atoms with Crippen molar-refractivity contribution in [1.82, 2.24) is 0 Å². The monoisotopic (exact) mass is 171 g/mol. The molecule has 70 valence electrons. The molecule has 0 atom stereocenters. The van der Waals surface area contributed by atoms with Crippen LogP contribution in [0.4, 0.5) is 0 Å². The van der Waals surface area contributed by atoms with E-state index in [-0.39, 0.29) is 5.97 Å². The highest BCUT2D eigenvalue weighted by molar-refractivity contribution is 5.88. The molecular formula is C9H17NO2. The molecule has 0 rings (SSSR count). The Hall–Kier alpha value is -0.990. The molecule has 12 heavy (non-hydrogen) atoms. The number of rotatable bonds is 4. The molecule has 3 heteroatoms. The number of carbonyl (C=O) groups is 1. The lowest BCUT2D eigenvalue weighted by atomic mass is 10.2. The van der Waals surface area contributed by atoms with Crippen molar-refractivity contribution in [2.24, 2.45) is 5.73 Å². The molecule has 0 spiro atoms. The first-order valence-corrected chi connectivity index (χ1v) is 4.25. The maximum Gasteiger partial charge on any atom is 0.335 e.